The molecule has 1 amide bonds. The second-order valence-electron chi connectivity index (χ2n) is 7.27. The molecule has 0 radical (unpaired) electrons. The number of benzene rings is 2. The molecule has 0 spiro atoms. The molecule has 8 nitrogen and oxygen atoms in total. The molecule has 1 N–H and O–H groups in total. The molecule has 4 rings (SSSR count). The number of ketones is 1. The van der Waals surface area contributed by atoms with Crippen LogP contribution in [0, 0.1) is 0 Å². The molecule has 0 saturated carbocycles. The van der Waals surface area contributed by atoms with Gasteiger partial charge in [0.2, 0.25) is 5.91 Å². The first-order valence-electron chi connectivity index (χ1n) is 10.6. The van der Waals surface area contributed by atoms with Gasteiger partial charge in [0.05, 0.1) is 12.9 Å². The minimum Gasteiger partial charge on any atom is -0.497 e. The second kappa shape index (κ2) is 10.8. The van der Waals surface area contributed by atoms with Gasteiger partial charge < -0.3 is 10.1 Å². The molecule has 2 aromatic carbocycles. The fourth-order valence-electron chi connectivity index (χ4n) is 3.22. The number of methoxy groups -OCH3 is 1. The van der Waals surface area contributed by atoms with Crippen molar-refractivity contribution < 1.29 is 14.3 Å². The Labute approximate surface area is 201 Å². The van der Waals surface area contributed by atoms with Crippen LogP contribution in [0.25, 0.3) is 17.1 Å². The fraction of sp³-hybridized carbons (Fsp3) is 0.160. The number of Topliss-reactive ketones (excluding diaryl/α,β-unsaturated/α-hetero) is 1. The highest BCUT2D eigenvalue weighted by molar-refractivity contribution is 7.99. The normalized spacial score (nSPS) is 10.6. The summed E-state index contributed by atoms with van der Waals surface area (Å²) in [4.78, 5) is 28.4. The molecule has 4 aromatic rings. The van der Waals surface area contributed by atoms with Gasteiger partial charge in [-0.2, -0.15) is 0 Å². The Morgan fingerprint density at radius 3 is 2.32 bits per heavy atom. The minimum atomic E-state index is -0.0718. The van der Waals surface area contributed by atoms with Crippen molar-refractivity contribution in [3.63, 3.8) is 0 Å². The van der Waals surface area contributed by atoms with Gasteiger partial charge in [-0.15, -0.1) is 10.2 Å². The Morgan fingerprint density at radius 1 is 0.971 bits per heavy atom. The van der Waals surface area contributed by atoms with E-state index in [0.29, 0.717) is 28.7 Å². The molecule has 0 aliphatic carbocycles. The largest absolute Gasteiger partial charge is 0.497 e. The third kappa shape index (κ3) is 5.32. The molecular weight excluding hydrogens is 450 g/mol. The maximum absolute atomic E-state index is 12.8. The van der Waals surface area contributed by atoms with Gasteiger partial charge in [0.1, 0.15) is 5.75 Å². The van der Waals surface area contributed by atoms with Gasteiger partial charge in [0.25, 0.3) is 0 Å². The number of pyridine rings is 1. The van der Waals surface area contributed by atoms with Crippen molar-refractivity contribution in [1.29, 1.82) is 0 Å². The zero-order chi connectivity index (χ0) is 23.9. The first-order valence-corrected chi connectivity index (χ1v) is 11.6. The summed E-state index contributed by atoms with van der Waals surface area (Å²) in [5, 5.41) is 12.1. The Morgan fingerprint density at radius 2 is 1.68 bits per heavy atom. The van der Waals surface area contributed by atoms with Gasteiger partial charge in [0, 0.05) is 41.3 Å². The summed E-state index contributed by atoms with van der Waals surface area (Å²) in [7, 11) is 1.62. The van der Waals surface area contributed by atoms with Crippen molar-refractivity contribution in [1.82, 2.24) is 19.7 Å². The van der Waals surface area contributed by atoms with Crippen molar-refractivity contribution in [2.75, 3.05) is 18.2 Å². The summed E-state index contributed by atoms with van der Waals surface area (Å²) in [6, 6.07) is 18.2. The number of nitrogens with one attached hydrogen (secondary N) is 1. The lowest BCUT2D eigenvalue weighted by molar-refractivity contribution is -0.115. The van der Waals surface area contributed by atoms with E-state index < -0.39 is 0 Å². The maximum Gasteiger partial charge on any atom is 0.224 e. The van der Waals surface area contributed by atoms with Crippen LogP contribution in [0.4, 0.5) is 5.69 Å². The molecule has 9 heteroatoms. The average Bonchev–Trinajstić information content (AvgIpc) is 3.32. The van der Waals surface area contributed by atoms with Crippen LogP contribution in [0.1, 0.15) is 23.7 Å². The van der Waals surface area contributed by atoms with Crippen molar-refractivity contribution in [2.24, 2.45) is 0 Å². The summed E-state index contributed by atoms with van der Waals surface area (Å²) < 4.78 is 7.19. The monoisotopic (exact) mass is 473 g/mol. The van der Waals surface area contributed by atoms with Crippen LogP contribution in [-0.4, -0.2) is 44.3 Å². The molecule has 0 saturated heterocycles. The number of anilines is 1. The van der Waals surface area contributed by atoms with E-state index in [0.717, 1.165) is 17.0 Å². The van der Waals surface area contributed by atoms with E-state index in [1.807, 2.05) is 41.0 Å². The van der Waals surface area contributed by atoms with E-state index in [-0.39, 0.29) is 17.4 Å². The highest BCUT2D eigenvalue weighted by Gasteiger charge is 2.18. The van der Waals surface area contributed by atoms with E-state index in [9.17, 15) is 9.59 Å². The van der Waals surface area contributed by atoms with Crippen LogP contribution in [-0.2, 0) is 4.79 Å². The van der Waals surface area contributed by atoms with E-state index >= 15 is 0 Å². The van der Waals surface area contributed by atoms with E-state index in [4.69, 9.17) is 4.74 Å². The zero-order valence-corrected chi connectivity index (χ0v) is 19.6. The lowest BCUT2D eigenvalue weighted by atomic mass is 10.1. The van der Waals surface area contributed by atoms with Gasteiger partial charge in [-0.1, -0.05) is 18.7 Å². The van der Waals surface area contributed by atoms with Gasteiger partial charge in [0.15, 0.2) is 16.8 Å². The molecular formula is C25H23N5O3S. The summed E-state index contributed by atoms with van der Waals surface area (Å²) in [5.74, 6) is 1.46. The van der Waals surface area contributed by atoms with Crippen LogP contribution in [0.5, 0.6) is 5.75 Å². The van der Waals surface area contributed by atoms with E-state index in [2.05, 4.69) is 20.5 Å². The Balaban J connectivity index is 1.56. The number of amides is 1. The molecule has 0 unspecified atom stereocenters. The SMILES string of the molecule is CCC(=O)Nc1ccc(C(=O)CSc2nnc(-c3ccncc3)n2-c2ccc(OC)cc2)cc1. The molecule has 0 aliphatic rings. The van der Waals surface area contributed by atoms with Crippen LogP contribution >= 0.6 is 11.8 Å². The lowest BCUT2D eigenvalue weighted by Crippen LogP contribution is -2.10. The number of nitrogens with zero attached hydrogens (tertiary/aromatic N) is 4. The third-order valence-electron chi connectivity index (χ3n) is 5.05. The number of ether oxygens (including phenoxy) is 1. The zero-order valence-electron chi connectivity index (χ0n) is 18.8. The molecule has 2 aromatic heterocycles. The van der Waals surface area contributed by atoms with Crippen LogP contribution in [0.15, 0.2) is 78.2 Å². The van der Waals surface area contributed by atoms with Gasteiger partial charge in [-0.25, -0.2) is 0 Å². The average molecular weight is 474 g/mol. The smallest absolute Gasteiger partial charge is 0.224 e. The molecule has 172 valence electrons. The topological polar surface area (TPSA) is 99.0 Å². The van der Waals surface area contributed by atoms with Crippen LogP contribution in [0.3, 0.4) is 0 Å². The molecule has 34 heavy (non-hydrogen) atoms. The number of carbonyl (C=O) groups is 2. The summed E-state index contributed by atoms with van der Waals surface area (Å²) in [6.45, 7) is 1.79. The minimum absolute atomic E-state index is 0.0480. The lowest BCUT2D eigenvalue weighted by Gasteiger charge is -2.11. The highest BCUT2D eigenvalue weighted by atomic mass is 32.2. The van der Waals surface area contributed by atoms with Gasteiger partial charge in [-0.05, 0) is 60.7 Å². The van der Waals surface area contributed by atoms with Crippen molar-refractivity contribution in [2.45, 2.75) is 18.5 Å². The molecule has 0 aliphatic heterocycles. The predicted octanol–water partition coefficient (Wildman–Crippen LogP) is 4.66. The third-order valence-corrected chi connectivity index (χ3v) is 5.98. The molecule has 2 heterocycles. The summed E-state index contributed by atoms with van der Waals surface area (Å²) >= 11 is 1.31. The number of thioether (sulfide) groups is 1. The van der Waals surface area contributed by atoms with Crippen molar-refractivity contribution in [3.8, 4) is 22.8 Å². The fourth-order valence-corrected chi connectivity index (χ4v) is 4.06. The predicted molar refractivity (Wildman–Crippen MR) is 132 cm³/mol. The number of carbonyl (C=O) groups excluding carboxylic acids is 2. The Bertz CT molecular complexity index is 1270. The summed E-state index contributed by atoms with van der Waals surface area (Å²) in [5.41, 5.74) is 2.94. The highest BCUT2D eigenvalue weighted by Crippen LogP contribution is 2.29. The first kappa shape index (κ1) is 23.2. The molecule has 0 atom stereocenters. The number of rotatable bonds is 9. The standard InChI is InChI=1S/C25H23N5O3S/c1-3-23(32)27-19-6-4-17(5-7-19)22(31)16-34-25-29-28-24(18-12-14-26-15-13-18)30(25)20-8-10-21(33-2)11-9-20/h4-15H,3,16H2,1-2H3,(H,27,32). The van der Waals surface area contributed by atoms with Crippen molar-refractivity contribution >= 4 is 29.1 Å². The molecule has 0 fully saturated rings. The van der Waals surface area contributed by atoms with Crippen molar-refractivity contribution in [3.05, 3.63) is 78.6 Å². The summed E-state index contributed by atoms with van der Waals surface area (Å²) in [6.07, 6.45) is 3.80. The number of hydrogen-bond donors (Lipinski definition) is 1. The second-order valence-corrected chi connectivity index (χ2v) is 8.21. The Kier molecular flexibility index (Phi) is 7.34. The van der Waals surface area contributed by atoms with Crippen LogP contribution in [0.2, 0.25) is 0 Å². The number of hydrogen-bond acceptors (Lipinski definition) is 7. The number of aromatic nitrogens is 4. The first-order chi connectivity index (χ1) is 16.6. The molecule has 0 bridgehead atoms. The Hall–Kier alpha value is -3.98. The van der Waals surface area contributed by atoms with Gasteiger partial charge >= 0.3 is 0 Å². The van der Waals surface area contributed by atoms with E-state index in [1.165, 1.54) is 11.8 Å². The van der Waals surface area contributed by atoms with Gasteiger partial charge in [-0.3, -0.25) is 19.1 Å². The maximum atomic E-state index is 12.8. The van der Waals surface area contributed by atoms with E-state index in [1.54, 1.807) is 50.7 Å². The quantitative estimate of drug-likeness (QED) is 0.279. The van der Waals surface area contributed by atoms with Crippen LogP contribution < -0.4 is 10.1 Å².